The summed E-state index contributed by atoms with van der Waals surface area (Å²) in [6, 6.07) is 0.549. The minimum Gasteiger partial charge on any atom is -0.342 e. The Hall–Kier alpha value is -0.570. The molecule has 1 N–H and O–H groups in total. The third-order valence-corrected chi connectivity index (χ3v) is 3.42. The summed E-state index contributed by atoms with van der Waals surface area (Å²) in [5.41, 5.74) is 0. The van der Waals surface area contributed by atoms with Crippen LogP contribution in [0.3, 0.4) is 0 Å². The lowest BCUT2D eigenvalue weighted by molar-refractivity contribution is -0.129. The maximum atomic E-state index is 11.6. The zero-order valence-corrected chi connectivity index (χ0v) is 8.96. The lowest BCUT2D eigenvalue weighted by Gasteiger charge is -2.26. The summed E-state index contributed by atoms with van der Waals surface area (Å²) in [7, 11) is 1.92. The molecule has 0 heterocycles. The molecule has 2 saturated carbocycles. The molecule has 2 fully saturated rings. The van der Waals surface area contributed by atoms with Crippen molar-refractivity contribution in [3.8, 4) is 0 Å². The molecular weight excluding hydrogens is 176 g/mol. The van der Waals surface area contributed by atoms with Crippen molar-refractivity contribution in [2.75, 3.05) is 20.1 Å². The largest absolute Gasteiger partial charge is 0.342 e. The van der Waals surface area contributed by atoms with Crippen LogP contribution in [-0.2, 0) is 4.79 Å². The van der Waals surface area contributed by atoms with Crippen LogP contribution in [0.4, 0.5) is 0 Å². The van der Waals surface area contributed by atoms with Crippen LogP contribution in [0.2, 0.25) is 0 Å². The molecule has 0 aliphatic heterocycles. The summed E-state index contributed by atoms with van der Waals surface area (Å²) >= 11 is 0. The molecule has 0 aromatic heterocycles. The summed E-state index contributed by atoms with van der Waals surface area (Å²) in [4.78, 5) is 13.5. The average molecular weight is 196 g/mol. The third-order valence-electron chi connectivity index (χ3n) is 3.42. The molecule has 2 aliphatic rings. The first-order valence-electron chi connectivity index (χ1n) is 5.74. The Morgan fingerprint density at radius 2 is 2.07 bits per heavy atom. The maximum Gasteiger partial charge on any atom is 0.236 e. The van der Waals surface area contributed by atoms with Crippen molar-refractivity contribution in [1.29, 1.82) is 0 Å². The van der Waals surface area contributed by atoms with Crippen LogP contribution >= 0.6 is 0 Å². The Bertz CT molecular complexity index is 209. The highest BCUT2D eigenvalue weighted by atomic mass is 16.2. The summed E-state index contributed by atoms with van der Waals surface area (Å²) < 4.78 is 0. The molecule has 0 bridgehead atoms. The van der Waals surface area contributed by atoms with E-state index in [1.807, 2.05) is 11.9 Å². The van der Waals surface area contributed by atoms with Gasteiger partial charge in [-0.2, -0.15) is 0 Å². The van der Waals surface area contributed by atoms with E-state index in [2.05, 4.69) is 5.32 Å². The summed E-state index contributed by atoms with van der Waals surface area (Å²) in [6.45, 7) is 1.56. The Labute approximate surface area is 85.8 Å². The third kappa shape index (κ3) is 2.47. The van der Waals surface area contributed by atoms with Crippen LogP contribution in [-0.4, -0.2) is 37.0 Å². The molecule has 1 amide bonds. The predicted molar refractivity (Wildman–Crippen MR) is 56.0 cm³/mol. The Kier molecular flexibility index (Phi) is 3.06. The molecule has 0 aromatic rings. The summed E-state index contributed by atoms with van der Waals surface area (Å²) in [5, 5.41) is 3.26. The molecule has 0 unspecified atom stereocenters. The fourth-order valence-electron chi connectivity index (χ4n) is 1.87. The molecule has 2 rings (SSSR count). The lowest BCUT2D eigenvalue weighted by Crippen LogP contribution is -2.39. The molecule has 0 saturated heterocycles. The SMILES string of the molecule is CN(C(=O)CNCC1CCC1)C1CC1. The van der Waals surface area contributed by atoms with Crippen LogP contribution in [0.5, 0.6) is 0 Å². The van der Waals surface area contributed by atoms with Gasteiger partial charge in [0.25, 0.3) is 0 Å². The zero-order valence-electron chi connectivity index (χ0n) is 8.96. The first-order chi connectivity index (χ1) is 6.77. The van der Waals surface area contributed by atoms with Crippen molar-refractivity contribution in [1.82, 2.24) is 10.2 Å². The van der Waals surface area contributed by atoms with Gasteiger partial charge in [0, 0.05) is 13.1 Å². The lowest BCUT2D eigenvalue weighted by atomic mass is 9.85. The van der Waals surface area contributed by atoms with E-state index in [1.54, 1.807) is 0 Å². The minimum atomic E-state index is 0.256. The molecule has 3 heteroatoms. The molecule has 14 heavy (non-hydrogen) atoms. The Morgan fingerprint density at radius 1 is 1.36 bits per heavy atom. The van der Waals surface area contributed by atoms with Crippen LogP contribution in [0.1, 0.15) is 32.1 Å². The molecular formula is C11H20N2O. The standard InChI is InChI=1S/C11H20N2O/c1-13(10-5-6-10)11(14)8-12-7-9-3-2-4-9/h9-10,12H,2-8H2,1H3. The second kappa shape index (κ2) is 4.30. The highest BCUT2D eigenvalue weighted by Gasteiger charge is 2.29. The van der Waals surface area contributed by atoms with E-state index < -0.39 is 0 Å². The van der Waals surface area contributed by atoms with Crippen LogP contribution in [0, 0.1) is 5.92 Å². The highest BCUT2D eigenvalue weighted by Crippen LogP contribution is 2.26. The molecule has 0 spiro atoms. The Morgan fingerprint density at radius 3 is 2.57 bits per heavy atom. The van der Waals surface area contributed by atoms with E-state index in [1.165, 1.54) is 32.1 Å². The number of nitrogens with zero attached hydrogens (tertiary/aromatic N) is 1. The number of likely N-dealkylation sites (N-methyl/N-ethyl adjacent to an activating group) is 1. The fourth-order valence-corrected chi connectivity index (χ4v) is 1.87. The Balaban J connectivity index is 1.56. The van der Waals surface area contributed by atoms with Crippen LogP contribution < -0.4 is 5.32 Å². The second-order valence-electron chi connectivity index (χ2n) is 4.66. The minimum absolute atomic E-state index is 0.256. The molecule has 0 radical (unpaired) electrons. The van der Waals surface area contributed by atoms with Gasteiger partial charge in [0.05, 0.1) is 6.54 Å². The van der Waals surface area contributed by atoms with Gasteiger partial charge in [-0.3, -0.25) is 4.79 Å². The van der Waals surface area contributed by atoms with Crippen LogP contribution in [0.25, 0.3) is 0 Å². The number of carbonyl (C=O) groups excluding carboxylic acids is 1. The number of hydrogen-bond donors (Lipinski definition) is 1. The molecule has 0 aromatic carbocycles. The zero-order chi connectivity index (χ0) is 9.97. The molecule has 0 atom stereocenters. The van der Waals surface area contributed by atoms with E-state index in [0.717, 1.165) is 12.5 Å². The van der Waals surface area contributed by atoms with Crippen molar-refractivity contribution in [2.24, 2.45) is 5.92 Å². The molecule has 3 nitrogen and oxygen atoms in total. The predicted octanol–water partition coefficient (Wildman–Crippen LogP) is 0.997. The summed E-state index contributed by atoms with van der Waals surface area (Å²) in [6.07, 6.45) is 6.47. The van der Waals surface area contributed by atoms with Crippen molar-refractivity contribution in [2.45, 2.75) is 38.1 Å². The number of hydrogen-bond acceptors (Lipinski definition) is 2. The van der Waals surface area contributed by atoms with Crippen LogP contribution in [0.15, 0.2) is 0 Å². The smallest absolute Gasteiger partial charge is 0.236 e. The van der Waals surface area contributed by atoms with Gasteiger partial charge in [-0.1, -0.05) is 6.42 Å². The number of amides is 1. The average Bonchev–Trinajstić information content (AvgIpc) is 2.90. The molecule has 80 valence electrons. The number of rotatable bonds is 5. The quantitative estimate of drug-likeness (QED) is 0.711. The van der Waals surface area contributed by atoms with Gasteiger partial charge in [-0.15, -0.1) is 0 Å². The van der Waals surface area contributed by atoms with Crippen molar-refractivity contribution < 1.29 is 4.79 Å². The van der Waals surface area contributed by atoms with Gasteiger partial charge in [0.2, 0.25) is 5.91 Å². The van der Waals surface area contributed by atoms with E-state index >= 15 is 0 Å². The van der Waals surface area contributed by atoms with E-state index in [4.69, 9.17) is 0 Å². The van der Waals surface area contributed by atoms with E-state index in [9.17, 15) is 4.79 Å². The van der Waals surface area contributed by atoms with Crippen molar-refractivity contribution in [3.63, 3.8) is 0 Å². The van der Waals surface area contributed by atoms with Crippen molar-refractivity contribution in [3.05, 3.63) is 0 Å². The maximum absolute atomic E-state index is 11.6. The van der Waals surface area contributed by atoms with Gasteiger partial charge in [0.1, 0.15) is 0 Å². The van der Waals surface area contributed by atoms with Crippen molar-refractivity contribution >= 4 is 5.91 Å². The van der Waals surface area contributed by atoms with Gasteiger partial charge < -0.3 is 10.2 Å². The van der Waals surface area contributed by atoms with E-state index in [0.29, 0.717) is 12.6 Å². The fraction of sp³-hybridized carbons (Fsp3) is 0.909. The van der Waals surface area contributed by atoms with Gasteiger partial charge in [0.15, 0.2) is 0 Å². The molecule has 2 aliphatic carbocycles. The van der Waals surface area contributed by atoms with E-state index in [-0.39, 0.29) is 5.91 Å². The highest BCUT2D eigenvalue weighted by molar-refractivity contribution is 5.78. The normalized spacial score (nSPS) is 21.8. The number of nitrogens with one attached hydrogen (secondary N) is 1. The van der Waals surface area contributed by atoms with Gasteiger partial charge >= 0.3 is 0 Å². The van der Waals surface area contributed by atoms with Gasteiger partial charge in [-0.05, 0) is 38.1 Å². The second-order valence-corrected chi connectivity index (χ2v) is 4.66. The summed E-state index contributed by atoms with van der Waals surface area (Å²) in [5.74, 6) is 1.10. The first kappa shape index (κ1) is 9.97. The first-order valence-corrected chi connectivity index (χ1v) is 5.74. The number of carbonyl (C=O) groups is 1. The van der Waals surface area contributed by atoms with Gasteiger partial charge in [-0.25, -0.2) is 0 Å². The topological polar surface area (TPSA) is 32.3 Å². The monoisotopic (exact) mass is 196 g/mol.